The molecule has 0 spiro atoms. The molecule has 0 aliphatic rings. The predicted octanol–water partition coefficient (Wildman–Crippen LogP) is 0.906. The van der Waals surface area contributed by atoms with Crippen molar-refractivity contribution in [3.05, 3.63) is 18.3 Å². The summed E-state index contributed by atoms with van der Waals surface area (Å²) in [4.78, 5) is 14.6. The smallest absolute Gasteiger partial charge is 0.347 e. The first-order chi connectivity index (χ1) is 6.43. The second-order valence-corrected chi connectivity index (χ2v) is 3.32. The molecule has 0 fully saturated rings. The number of nitrogens with two attached hydrogens (primary N) is 1. The summed E-state index contributed by atoms with van der Waals surface area (Å²) in [5.41, 5.74) is 4.54. The van der Waals surface area contributed by atoms with E-state index in [2.05, 4.69) is 4.98 Å². The molecule has 1 aromatic rings. The van der Waals surface area contributed by atoms with Crippen molar-refractivity contribution in [1.82, 2.24) is 4.98 Å². The molecule has 1 aromatic heterocycles. The molecule has 0 aromatic carbocycles. The van der Waals surface area contributed by atoms with Gasteiger partial charge in [-0.15, -0.1) is 0 Å². The van der Waals surface area contributed by atoms with Crippen LogP contribution in [-0.2, 0) is 4.79 Å². The van der Waals surface area contributed by atoms with Gasteiger partial charge in [0.05, 0.1) is 5.69 Å². The topological polar surface area (TPSA) is 85.4 Å². The molecule has 0 bridgehead atoms. The van der Waals surface area contributed by atoms with Crippen molar-refractivity contribution < 1.29 is 14.6 Å². The zero-order valence-electron chi connectivity index (χ0n) is 8.02. The normalized spacial score (nSPS) is 11.0. The Labute approximate surface area is 81.5 Å². The second-order valence-electron chi connectivity index (χ2n) is 3.32. The van der Waals surface area contributed by atoms with Crippen LogP contribution in [0.2, 0.25) is 0 Å². The van der Waals surface area contributed by atoms with Gasteiger partial charge in [0, 0.05) is 6.20 Å². The van der Waals surface area contributed by atoms with Crippen molar-refractivity contribution in [3.63, 3.8) is 0 Å². The maximum Gasteiger partial charge on any atom is 0.347 e. The Hall–Kier alpha value is -1.78. The molecule has 0 radical (unpaired) electrons. The van der Waals surface area contributed by atoms with Crippen LogP contribution in [-0.4, -0.2) is 21.7 Å². The number of nitrogen functional groups attached to an aromatic ring is 1. The molecule has 3 N–H and O–H groups in total. The molecular weight excluding hydrogens is 184 g/mol. The highest BCUT2D eigenvalue weighted by Crippen LogP contribution is 2.21. The Morgan fingerprint density at radius 2 is 2.29 bits per heavy atom. The fourth-order valence-corrected chi connectivity index (χ4v) is 0.774. The summed E-state index contributed by atoms with van der Waals surface area (Å²) in [5.74, 6) is -0.928. The van der Waals surface area contributed by atoms with E-state index >= 15 is 0 Å². The zero-order valence-corrected chi connectivity index (χ0v) is 8.02. The van der Waals surface area contributed by atoms with E-state index in [0.717, 1.165) is 0 Å². The van der Waals surface area contributed by atoms with Crippen molar-refractivity contribution in [2.24, 2.45) is 0 Å². The van der Waals surface area contributed by atoms with E-state index in [1.165, 1.54) is 20.0 Å². The van der Waals surface area contributed by atoms with Gasteiger partial charge >= 0.3 is 5.97 Å². The standard InChI is InChI=1S/C9H12N2O3/c1-9(2,8(12)13)14-7-6(10)4-3-5-11-7/h3-5H,10H2,1-2H3,(H,12,13). The highest BCUT2D eigenvalue weighted by Gasteiger charge is 2.30. The maximum absolute atomic E-state index is 10.7. The van der Waals surface area contributed by atoms with Crippen molar-refractivity contribution in [2.75, 3.05) is 5.73 Å². The Morgan fingerprint density at radius 1 is 1.64 bits per heavy atom. The van der Waals surface area contributed by atoms with Crippen LogP contribution < -0.4 is 10.5 Å². The Morgan fingerprint density at radius 3 is 2.79 bits per heavy atom. The number of nitrogens with zero attached hydrogens (tertiary/aromatic N) is 1. The van der Waals surface area contributed by atoms with E-state index in [1.807, 2.05) is 0 Å². The number of ether oxygens (including phenoxy) is 1. The molecular formula is C9H12N2O3. The predicted molar refractivity (Wildman–Crippen MR) is 51.0 cm³/mol. The number of pyridine rings is 1. The highest BCUT2D eigenvalue weighted by molar-refractivity contribution is 5.77. The number of carboxylic acid groups (broad SMARTS) is 1. The van der Waals surface area contributed by atoms with Gasteiger partial charge in [-0.25, -0.2) is 9.78 Å². The van der Waals surface area contributed by atoms with Crippen LogP contribution in [0.3, 0.4) is 0 Å². The van der Waals surface area contributed by atoms with Gasteiger partial charge in [0.2, 0.25) is 11.5 Å². The third-order valence-electron chi connectivity index (χ3n) is 1.67. The van der Waals surface area contributed by atoms with Crippen LogP contribution in [0.5, 0.6) is 5.88 Å². The van der Waals surface area contributed by atoms with Gasteiger partial charge in [-0.2, -0.15) is 0 Å². The maximum atomic E-state index is 10.7. The SMILES string of the molecule is CC(C)(Oc1ncccc1N)C(=O)O. The van der Waals surface area contributed by atoms with E-state index in [9.17, 15) is 4.79 Å². The monoisotopic (exact) mass is 196 g/mol. The summed E-state index contributed by atoms with van der Waals surface area (Å²) in [6.45, 7) is 2.87. The van der Waals surface area contributed by atoms with E-state index in [1.54, 1.807) is 12.1 Å². The van der Waals surface area contributed by atoms with Gasteiger partial charge in [-0.1, -0.05) is 0 Å². The molecule has 0 aliphatic carbocycles. The second kappa shape index (κ2) is 3.53. The molecule has 0 saturated carbocycles. The van der Waals surface area contributed by atoms with Crippen LogP contribution in [0.1, 0.15) is 13.8 Å². The first-order valence-corrected chi connectivity index (χ1v) is 4.06. The quantitative estimate of drug-likeness (QED) is 0.750. The van der Waals surface area contributed by atoms with Crippen LogP contribution in [0.25, 0.3) is 0 Å². The summed E-state index contributed by atoms with van der Waals surface area (Å²) in [6.07, 6.45) is 1.49. The van der Waals surface area contributed by atoms with E-state index < -0.39 is 11.6 Å². The summed E-state index contributed by atoms with van der Waals surface area (Å²) in [5, 5.41) is 8.80. The van der Waals surface area contributed by atoms with Gasteiger partial charge < -0.3 is 15.6 Å². The molecule has 0 unspecified atom stereocenters. The number of aliphatic carboxylic acids is 1. The third kappa shape index (κ3) is 2.12. The summed E-state index contributed by atoms with van der Waals surface area (Å²) >= 11 is 0. The molecule has 0 saturated heterocycles. The number of carbonyl (C=O) groups is 1. The van der Waals surface area contributed by atoms with Crippen molar-refractivity contribution in [2.45, 2.75) is 19.4 Å². The van der Waals surface area contributed by atoms with Gasteiger partial charge in [-0.3, -0.25) is 0 Å². The van der Waals surface area contributed by atoms with Crippen LogP contribution in [0, 0.1) is 0 Å². The van der Waals surface area contributed by atoms with Gasteiger partial charge in [-0.05, 0) is 26.0 Å². The van der Waals surface area contributed by atoms with Crippen LogP contribution in [0.15, 0.2) is 18.3 Å². The molecule has 1 rings (SSSR count). The number of hydrogen-bond donors (Lipinski definition) is 2. The van der Waals surface area contributed by atoms with E-state index in [4.69, 9.17) is 15.6 Å². The third-order valence-corrected chi connectivity index (χ3v) is 1.67. The molecule has 5 heteroatoms. The number of anilines is 1. The van der Waals surface area contributed by atoms with Crippen LogP contribution in [0.4, 0.5) is 5.69 Å². The van der Waals surface area contributed by atoms with Crippen LogP contribution >= 0.6 is 0 Å². The molecule has 14 heavy (non-hydrogen) atoms. The summed E-state index contributed by atoms with van der Waals surface area (Å²) < 4.78 is 5.16. The minimum atomic E-state index is -1.33. The lowest BCUT2D eigenvalue weighted by atomic mass is 10.1. The first kappa shape index (κ1) is 10.3. The largest absolute Gasteiger partial charge is 0.478 e. The first-order valence-electron chi connectivity index (χ1n) is 4.06. The zero-order chi connectivity index (χ0) is 10.8. The number of rotatable bonds is 3. The lowest BCUT2D eigenvalue weighted by Gasteiger charge is -2.21. The van der Waals surface area contributed by atoms with Gasteiger partial charge in [0.15, 0.2) is 0 Å². The Bertz CT molecular complexity index is 350. The molecule has 5 nitrogen and oxygen atoms in total. The average Bonchev–Trinajstić information content (AvgIpc) is 2.08. The van der Waals surface area contributed by atoms with E-state index in [-0.39, 0.29) is 5.88 Å². The molecule has 1 heterocycles. The summed E-state index contributed by atoms with van der Waals surface area (Å²) in [7, 11) is 0. The lowest BCUT2D eigenvalue weighted by molar-refractivity contribution is -0.152. The van der Waals surface area contributed by atoms with Gasteiger partial charge in [0.1, 0.15) is 0 Å². The number of carboxylic acids is 1. The fourth-order valence-electron chi connectivity index (χ4n) is 0.774. The molecule has 76 valence electrons. The van der Waals surface area contributed by atoms with Gasteiger partial charge in [0.25, 0.3) is 0 Å². The Kier molecular flexibility index (Phi) is 2.60. The van der Waals surface area contributed by atoms with Crippen molar-refractivity contribution >= 4 is 11.7 Å². The van der Waals surface area contributed by atoms with E-state index in [0.29, 0.717) is 5.69 Å². The molecule has 0 atom stereocenters. The lowest BCUT2D eigenvalue weighted by Crippen LogP contribution is -2.38. The van der Waals surface area contributed by atoms with Crippen molar-refractivity contribution in [1.29, 1.82) is 0 Å². The Balaban J connectivity index is 2.89. The minimum absolute atomic E-state index is 0.139. The minimum Gasteiger partial charge on any atom is -0.478 e. The summed E-state index contributed by atoms with van der Waals surface area (Å²) in [6, 6.07) is 3.25. The average molecular weight is 196 g/mol. The fraction of sp³-hybridized carbons (Fsp3) is 0.333. The van der Waals surface area contributed by atoms with Crippen molar-refractivity contribution in [3.8, 4) is 5.88 Å². The highest BCUT2D eigenvalue weighted by atomic mass is 16.5. The number of hydrogen-bond acceptors (Lipinski definition) is 4. The number of aromatic nitrogens is 1. The molecule has 0 aliphatic heterocycles. The molecule has 0 amide bonds.